The highest BCUT2D eigenvalue weighted by Crippen LogP contribution is 2.44. The summed E-state index contributed by atoms with van der Waals surface area (Å²) < 4.78 is 1.13. The van der Waals surface area contributed by atoms with Gasteiger partial charge in [0, 0.05) is 15.7 Å². The maximum atomic E-state index is 12.3. The van der Waals surface area contributed by atoms with Gasteiger partial charge in [0.2, 0.25) is 5.91 Å². The zero-order valence-corrected chi connectivity index (χ0v) is 12.2. The van der Waals surface area contributed by atoms with E-state index in [1.54, 1.807) is 0 Å². The molecule has 2 aromatic rings. The molecule has 0 fully saturated rings. The number of benzene rings is 2. The van der Waals surface area contributed by atoms with Crippen LogP contribution in [0.4, 0.5) is 17.1 Å². The topological polar surface area (TPSA) is 32.3 Å². The van der Waals surface area contributed by atoms with Crippen molar-refractivity contribution < 1.29 is 4.79 Å². The lowest BCUT2D eigenvalue weighted by molar-refractivity contribution is -0.117. The molecule has 19 heavy (non-hydrogen) atoms. The predicted octanol–water partition coefficient (Wildman–Crippen LogP) is 3.31. The summed E-state index contributed by atoms with van der Waals surface area (Å²) in [4.78, 5) is 14.4. The number of hydrogen-bond donors (Lipinski definition) is 1. The van der Waals surface area contributed by atoms with Crippen molar-refractivity contribution in [3.05, 3.63) is 51.6 Å². The van der Waals surface area contributed by atoms with Crippen LogP contribution in [0.25, 0.3) is 0 Å². The van der Waals surface area contributed by atoms with Gasteiger partial charge in [0.1, 0.15) is 6.04 Å². The Labute approximate surface area is 124 Å². The molecule has 2 heterocycles. The Morgan fingerprint density at radius 3 is 2.89 bits per heavy atom. The highest BCUT2D eigenvalue weighted by atomic mass is 127. The monoisotopic (exact) mass is 362 g/mol. The molecule has 2 aliphatic heterocycles. The quantitative estimate of drug-likeness (QED) is 0.730. The molecule has 0 radical (unpaired) electrons. The summed E-state index contributed by atoms with van der Waals surface area (Å²) in [7, 11) is 0. The second-order valence-electron chi connectivity index (χ2n) is 4.87. The molecule has 0 bridgehead atoms. The summed E-state index contributed by atoms with van der Waals surface area (Å²) in [6.45, 7) is 0. The van der Waals surface area contributed by atoms with Gasteiger partial charge in [0.25, 0.3) is 0 Å². The maximum absolute atomic E-state index is 12.3. The van der Waals surface area contributed by atoms with E-state index >= 15 is 0 Å². The third kappa shape index (κ3) is 1.59. The van der Waals surface area contributed by atoms with Gasteiger partial charge in [0.15, 0.2) is 0 Å². The third-order valence-corrected chi connectivity index (χ3v) is 4.43. The van der Waals surface area contributed by atoms with E-state index < -0.39 is 0 Å². The molecule has 2 aliphatic rings. The van der Waals surface area contributed by atoms with Crippen LogP contribution in [-0.2, 0) is 11.2 Å². The number of amides is 1. The summed E-state index contributed by atoms with van der Waals surface area (Å²) in [5.41, 5.74) is 4.40. The first-order chi connectivity index (χ1) is 9.24. The molecule has 0 aromatic heterocycles. The van der Waals surface area contributed by atoms with Crippen molar-refractivity contribution in [2.24, 2.45) is 0 Å². The van der Waals surface area contributed by atoms with Crippen LogP contribution in [0.15, 0.2) is 42.5 Å². The minimum atomic E-state index is -0.107. The summed E-state index contributed by atoms with van der Waals surface area (Å²) >= 11 is 2.26. The van der Waals surface area contributed by atoms with E-state index in [9.17, 15) is 4.79 Å². The van der Waals surface area contributed by atoms with Crippen LogP contribution in [0, 0.1) is 3.57 Å². The maximum Gasteiger partial charge on any atom is 0.247 e. The number of nitrogens with zero attached hydrogens (tertiary/aromatic N) is 1. The minimum Gasteiger partial charge on any atom is -0.327 e. The molecule has 0 saturated heterocycles. The van der Waals surface area contributed by atoms with Gasteiger partial charge in [-0.15, -0.1) is 0 Å². The SMILES string of the molecule is O=C1Nc2cc(I)ccc2N2c3ccccc3CC12. The number of anilines is 3. The summed E-state index contributed by atoms with van der Waals surface area (Å²) in [6, 6.07) is 14.3. The van der Waals surface area contributed by atoms with E-state index in [-0.39, 0.29) is 11.9 Å². The fourth-order valence-electron chi connectivity index (χ4n) is 2.93. The second kappa shape index (κ2) is 3.96. The average Bonchev–Trinajstić information content (AvgIpc) is 2.79. The van der Waals surface area contributed by atoms with Crippen molar-refractivity contribution in [2.75, 3.05) is 10.2 Å². The average molecular weight is 362 g/mol. The third-order valence-electron chi connectivity index (χ3n) is 3.75. The Kier molecular flexibility index (Phi) is 2.35. The molecular weight excluding hydrogens is 351 g/mol. The van der Waals surface area contributed by atoms with Gasteiger partial charge in [-0.25, -0.2) is 0 Å². The van der Waals surface area contributed by atoms with Crippen LogP contribution in [0.2, 0.25) is 0 Å². The van der Waals surface area contributed by atoms with Crippen molar-refractivity contribution in [1.29, 1.82) is 0 Å². The van der Waals surface area contributed by atoms with Crippen molar-refractivity contribution in [3.8, 4) is 0 Å². The molecule has 2 aromatic carbocycles. The Bertz CT molecular complexity index is 698. The summed E-state index contributed by atoms with van der Waals surface area (Å²) in [5.74, 6) is 0.0886. The molecule has 0 saturated carbocycles. The van der Waals surface area contributed by atoms with E-state index in [0.29, 0.717) is 0 Å². The van der Waals surface area contributed by atoms with E-state index in [1.807, 2.05) is 18.2 Å². The Morgan fingerprint density at radius 2 is 2.00 bits per heavy atom. The number of para-hydroxylation sites is 1. The van der Waals surface area contributed by atoms with Gasteiger partial charge in [-0.1, -0.05) is 18.2 Å². The zero-order valence-electron chi connectivity index (χ0n) is 10.1. The van der Waals surface area contributed by atoms with E-state index in [4.69, 9.17) is 0 Å². The largest absolute Gasteiger partial charge is 0.327 e. The van der Waals surface area contributed by atoms with Crippen LogP contribution in [0.5, 0.6) is 0 Å². The van der Waals surface area contributed by atoms with Crippen LogP contribution in [-0.4, -0.2) is 11.9 Å². The van der Waals surface area contributed by atoms with Crippen LogP contribution in [0.1, 0.15) is 5.56 Å². The predicted molar refractivity (Wildman–Crippen MR) is 83.9 cm³/mol. The number of carbonyl (C=O) groups excluding carboxylic acids is 1. The van der Waals surface area contributed by atoms with E-state index in [2.05, 4.69) is 57.1 Å². The number of rotatable bonds is 0. The highest BCUT2D eigenvalue weighted by Gasteiger charge is 2.39. The first-order valence-electron chi connectivity index (χ1n) is 6.21. The van der Waals surface area contributed by atoms with Gasteiger partial charge in [0.05, 0.1) is 11.4 Å². The van der Waals surface area contributed by atoms with Crippen LogP contribution < -0.4 is 10.2 Å². The van der Waals surface area contributed by atoms with Gasteiger partial charge in [-0.05, 0) is 52.4 Å². The fraction of sp³-hybridized carbons (Fsp3) is 0.133. The molecular formula is C15H11IN2O. The number of halogens is 1. The molecule has 1 amide bonds. The number of hydrogen-bond acceptors (Lipinski definition) is 2. The summed E-state index contributed by atoms with van der Waals surface area (Å²) in [6.07, 6.45) is 0.785. The Morgan fingerprint density at radius 1 is 1.16 bits per heavy atom. The molecule has 1 N–H and O–H groups in total. The van der Waals surface area contributed by atoms with Gasteiger partial charge in [-0.2, -0.15) is 0 Å². The normalized spacial score (nSPS) is 19.5. The van der Waals surface area contributed by atoms with Gasteiger partial charge < -0.3 is 10.2 Å². The molecule has 94 valence electrons. The van der Waals surface area contributed by atoms with Crippen LogP contribution in [0.3, 0.4) is 0 Å². The Hall–Kier alpha value is -1.56. The first kappa shape index (κ1) is 11.3. The first-order valence-corrected chi connectivity index (χ1v) is 7.29. The fourth-order valence-corrected chi connectivity index (χ4v) is 3.42. The van der Waals surface area contributed by atoms with E-state index in [1.165, 1.54) is 5.56 Å². The highest BCUT2D eigenvalue weighted by molar-refractivity contribution is 14.1. The molecule has 0 spiro atoms. The second-order valence-corrected chi connectivity index (χ2v) is 6.11. The van der Waals surface area contributed by atoms with E-state index in [0.717, 1.165) is 27.1 Å². The zero-order chi connectivity index (χ0) is 13.0. The molecule has 1 atom stereocenters. The van der Waals surface area contributed by atoms with Gasteiger partial charge in [-0.3, -0.25) is 4.79 Å². The minimum absolute atomic E-state index is 0.0886. The summed E-state index contributed by atoms with van der Waals surface area (Å²) in [5, 5.41) is 3.02. The Balaban J connectivity index is 1.95. The standard InChI is InChI=1S/C15H11IN2O/c16-10-5-6-13-11(8-10)17-15(19)14-7-9-3-1-2-4-12(9)18(13)14/h1-6,8,14H,7H2,(H,17,19). The van der Waals surface area contributed by atoms with Crippen molar-refractivity contribution >= 4 is 45.6 Å². The number of carbonyl (C=O) groups is 1. The molecule has 3 nitrogen and oxygen atoms in total. The molecule has 4 heteroatoms. The number of fused-ring (bicyclic) bond motifs is 5. The molecule has 4 rings (SSSR count). The number of nitrogens with one attached hydrogen (secondary N) is 1. The lowest BCUT2D eigenvalue weighted by Gasteiger charge is -2.33. The molecule has 1 unspecified atom stereocenters. The van der Waals surface area contributed by atoms with Crippen molar-refractivity contribution in [2.45, 2.75) is 12.5 Å². The van der Waals surface area contributed by atoms with Crippen molar-refractivity contribution in [1.82, 2.24) is 0 Å². The smallest absolute Gasteiger partial charge is 0.247 e. The lowest BCUT2D eigenvalue weighted by Crippen LogP contribution is -2.43. The van der Waals surface area contributed by atoms with Crippen LogP contribution >= 0.6 is 22.6 Å². The molecule has 0 aliphatic carbocycles. The van der Waals surface area contributed by atoms with Gasteiger partial charge >= 0.3 is 0 Å². The van der Waals surface area contributed by atoms with Crippen molar-refractivity contribution in [3.63, 3.8) is 0 Å². The lowest BCUT2D eigenvalue weighted by atomic mass is 10.1.